The summed E-state index contributed by atoms with van der Waals surface area (Å²) < 4.78 is 33.1. The van der Waals surface area contributed by atoms with Crippen LogP contribution in [0.3, 0.4) is 0 Å². The number of sulfonamides is 1. The molecule has 1 N–H and O–H groups in total. The Hall–Kier alpha value is -0.960. The first-order valence-corrected chi connectivity index (χ1v) is 9.54. The van der Waals surface area contributed by atoms with E-state index in [-0.39, 0.29) is 6.04 Å². The molecule has 1 aliphatic heterocycles. The molecular formula is C14H24N4O3S. The molecular weight excluding hydrogens is 304 g/mol. The highest BCUT2D eigenvalue weighted by molar-refractivity contribution is 7.88. The van der Waals surface area contributed by atoms with E-state index in [0.717, 1.165) is 25.5 Å². The van der Waals surface area contributed by atoms with E-state index < -0.39 is 10.0 Å². The number of methoxy groups -OCH3 is 1. The largest absolute Gasteiger partial charge is 0.364 e. The van der Waals surface area contributed by atoms with Gasteiger partial charge in [-0.2, -0.15) is 0 Å². The normalized spacial score (nSPS) is 26.6. The average molecular weight is 328 g/mol. The van der Waals surface area contributed by atoms with Crippen molar-refractivity contribution in [2.24, 2.45) is 11.8 Å². The molecule has 0 unspecified atom stereocenters. The Kier molecular flexibility index (Phi) is 4.54. The first kappa shape index (κ1) is 15.9. The van der Waals surface area contributed by atoms with Crippen LogP contribution in [0.5, 0.6) is 0 Å². The Morgan fingerprint density at radius 3 is 2.82 bits per heavy atom. The quantitative estimate of drug-likeness (QED) is 0.776. The second-order valence-corrected chi connectivity index (χ2v) is 8.20. The van der Waals surface area contributed by atoms with Crippen molar-refractivity contribution in [3.05, 3.63) is 18.2 Å². The van der Waals surface area contributed by atoms with Crippen LogP contribution in [0, 0.1) is 11.8 Å². The van der Waals surface area contributed by atoms with Crippen molar-refractivity contribution in [3.63, 3.8) is 0 Å². The van der Waals surface area contributed by atoms with Crippen LogP contribution in [0.1, 0.15) is 18.7 Å². The van der Waals surface area contributed by atoms with E-state index in [1.165, 1.54) is 19.1 Å². The summed E-state index contributed by atoms with van der Waals surface area (Å²) in [5.74, 6) is 2.04. The van der Waals surface area contributed by atoms with Crippen LogP contribution in [0.15, 0.2) is 12.4 Å². The fourth-order valence-electron chi connectivity index (χ4n) is 3.39. The second kappa shape index (κ2) is 6.27. The van der Waals surface area contributed by atoms with E-state index in [1.54, 1.807) is 13.3 Å². The molecule has 0 radical (unpaired) electrons. The number of likely N-dealkylation sites (tertiary alicyclic amines) is 1. The summed E-state index contributed by atoms with van der Waals surface area (Å²) in [4.78, 5) is 6.68. The third kappa shape index (κ3) is 3.87. The van der Waals surface area contributed by atoms with Crippen LogP contribution in [0.25, 0.3) is 0 Å². The monoisotopic (exact) mass is 328 g/mol. The van der Waals surface area contributed by atoms with Gasteiger partial charge in [0.25, 0.3) is 0 Å². The number of hydrogen-bond acceptors (Lipinski definition) is 5. The van der Waals surface area contributed by atoms with Gasteiger partial charge >= 0.3 is 0 Å². The van der Waals surface area contributed by atoms with Gasteiger partial charge in [0.2, 0.25) is 10.0 Å². The SMILES string of the molecule is COCn1ccnc1CN1C[C@H](NS(C)(=O)=O)[C@@H](C2CC2)C1. The minimum Gasteiger partial charge on any atom is -0.364 e. The molecule has 1 aliphatic carbocycles. The molecule has 2 aliphatic rings. The topological polar surface area (TPSA) is 76.5 Å². The lowest BCUT2D eigenvalue weighted by Gasteiger charge is -2.17. The highest BCUT2D eigenvalue weighted by Gasteiger charge is 2.43. The second-order valence-electron chi connectivity index (χ2n) is 6.42. The first-order chi connectivity index (χ1) is 10.5. The minimum absolute atomic E-state index is 0.0216. The number of rotatable bonds is 7. The molecule has 7 nitrogen and oxygen atoms in total. The number of nitrogens with zero attached hydrogens (tertiary/aromatic N) is 3. The van der Waals surface area contributed by atoms with Crippen LogP contribution >= 0.6 is 0 Å². The molecule has 0 bridgehead atoms. The lowest BCUT2D eigenvalue weighted by molar-refractivity contribution is 0.125. The first-order valence-electron chi connectivity index (χ1n) is 7.65. The fraction of sp³-hybridized carbons (Fsp3) is 0.786. The molecule has 2 heterocycles. The molecule has 8 heteroatoms. The molecule has 3 rings (SSSR count). The maximum Gasteiger partial charge on any atom is 0.209 e. The van der Waals surface area contributed by atoms with Gasteiger partial charge in [-0.3, -0.25) is 4.90 Å². The van der Waals surface area contributed by atoms with Crippen molar-refractivity contribution in [1.82, 2.24) is 19.2 Å². The Bertz CT molecular complexity index is 611. The summed E-state index contributed by atoms with van der Waals surface area (Å²) in [5.41, 5.74) is 0. The maximum absolute atomic E-state index is 11.6. The summed E-state index contributed by atoms with van der Waals surface area (Å²) in [5, 5.41) is 0. The Balaban J connectivity index is 1.66. The van der Waals surface area contributed by atoms with Crippen molar-refractivity contribution < 1.29 is 13.2 Å². The highest BCUT2D eigenvalue weighted by atomic mass is 32.2. The molecule has 0 aromatic carbocycles. The molecule has 0 amide bonds. The summed E-state index contributed by atoms with van der Waals surface area (Å²) in [7, 11) is -1.50. The molecule has 1 aromatic rings. The molecule has 1 aromatic heterocycles. The average Bonchev–Trinajstić information content (AvgIpc) is 3.06. The number of aromatic nitrogens is 2. The minimum atomic E-state index is -3.17. The van der Waals surface area contributed by atoms with Gasteiger partial charge in [-0.05, 0) is 24.7 Å². The summed E-state index contributed by atoms with van der Waals surface area (Å²) in [6.45, 7) is 2.88. The van der Waals surface area contributed by atoms with Gasteiger partial charge in [0.1, 0.15) is 12.6 Å². The molecule has 22 heavy (non-hydrogen) atoms. The fourth-order valence-corrected chi connectivity index (χ4v) is 4.19. The van der Waals surface area contributed by atoms with Crippen LogP contribution in [0.2, 0.25) is 0 Å². The molecule has 1 saturated heterocycles. The van der Waals surface area contributed by atoms with E-state index >= 15 is 0 Å². The predicted octanol–water partition coefficient (Wildman–Crippen LogP) is 0.247. The third-order valence-corrected chi connectivity index (χ3v) is 5.20. The van der Waals surface area contributed by atoms with E-state index in [0.29, 0.717) is 18.6 Å². The third-order valence-electron chi connectivity index (χ3n) is 4.47. The summed E-state index contributed by atoms with van der Waals surface area (Å²) in [6, 6.07) is 0.0216. The lowest BCUT2D eigenvalue weighted by atomic mass is 9.99. The van der Waals surface area contributed by atoms with E-state index in [9.17, 15) is 8.42 Å². The number of hydrogen-bond donors (Lipinski definition) is 1. The molecule has 0 spiro atoms. The van der Waals surface area contributed by atoms with Crippen LogP contribution in [0.4, 0.5) is 0 Å². The van der Waals surface area contributed by atoms with Crippen molar-refractivity contribution in [3.8, 4) is 0 Å². The van der Waals surface area contributed by atoms with Crippen LogP contribution < -0.4 is 4.72 Å². The van der Waals surface area contributed by atoms with Crippen molar-refractivity contribution in [2.45, 2.75) is 32.2 Å². The van der Waals surface area contributed by atoms with Gasteiger partial charge < -0.3 is 9.30 Å². The van der Waals surface area contributed by atoms with Gasteiger partial charge in [0.05, 0.1) is 12.8 Å². The maximum atomic E-state index is 11.6. The van der Waals surface area contributed by atoms with E-state index in [2.05, 4.69) is 14.6 Å². The molecule has 2 atom stereocenters. The number of nitrogens with one attached hydrogen (secondary N) is 1. The van der Waals surface area contributed by atoms with Crippen molar-refractivity contribution in [2.75, 3.05) is 26.5 Å². The van der Waals surface area contributed by atoms with Gasteiger partial charge in [0, 0.05) is 38.6 Å². The van der Waals surface area contributed by atoms with Crippen molar-refractivity contribution >= 4 is 10.0 Å². The predicted molar refractivity (Wildman–Crippen MR) is 82.5 cm³/mol. The highest BCUT2D eigenvalue weighted by Crippen LogP contribution is 2.41. The zero-order valence-electron chi connectivity index (χ0n) is 13.1. The molecule has 1 saturated carbocycles. The smallest absolute Gasteiger partial charge is 0.209 e. The van der Waals surface area contributed by atoms with Gasteiger partial charge in [-0.1, -0.05) is 0 Å². The van der Waals surface area contributed by atoms with Gasteiger partial charge in [-0.15, -0.1) is 0 Å². The molecule has 124 valence electrons. The number of ether oxygens (including phenoxy) is 1. The van der Waals surface area contributed by atoms with Gasteiger partial charge in [-0.25, -0.2) is 18.1 Å². The van der Waals surface area contributed by atoms with E-state index in [4.69, 9.17) is 4.74 Å². The summed E-state index contributed by atoms with van der Waals surface area (Å²) >= 11 is 0. The number of imidazole rings is 1. The summed E-state index contributed by atoms with van der Waals surface area (Å²) in [6.07, 6.45) is 7.36. The molecule has 2 fully saturated rings. The Labute approximate surface area is 131 Å². The Morgan fingerprint density at radius 2 is 2.18 bits per heavy atom. The van der Waals surface area contributed by atoms with Crippen LogP contribution in [-0.2, 0) is 28.0 Å². The lowest BCUT2D eigenvalue weighted by Crippen LogP contribution is -2.40. The Morgan fingerprint density at radius 1 is 1.41 bits per heavy atom. The van der Waals surface area contributed by atoms with Crippen molar-refractivity contribution in [1.29, 1.82) is 0 Å². The van der Waals surface area contributed by atoms with Gasteiger partial charge in [0.15, 0.2) is 0 Å². The van der Waals surface area contributed by atoms with E-state index in [1.807, 2.05) is 10.8 Å². The zero-order chi connectivity index (χ0) is 15.7. The standard InChI is InChI=1S/C14H24N4O3S/c1-21-10-18-6-5-15-14(18)9-17-7-12(11-3-4-11)13(8-17)16-22(2,19)20/h5-6,11-13,16H,3-4,7-10H2,1-2H3/t12-,13+/m1/s1. The van der Waals surface area contributed by atoms with Crippen LogP contribution in [-0.4, -0.2) is 55.4 Å². The zero-order valence-corrected chi connectivity index (χ0v) is 13.9.